The van der Waals surface area contributed by atoms with Crippen LogP contribution in [0, 0.1) is 44.6 Å². The van der Waals surface area contributed by atoms with E-state index in [0.29, 0.717) is 18.8 Å². The molecule has 0 unspecified atom stereocenters. The number of hydrogen-bond donors (Lipinski definition) is 1. The van der Waals surface area contributed by atoms with Crippen molar-refractivity contribution in [2.24, 2.45) is 34.5 Å². The number of aliphatic hydroxyl groups is 1. The largest absolute Gasteiger partial charge is 0.455 e. The molecule has 156 valence electrons. The topological polar surface area (TPSA) is 107 Å². The second-order valence-corrected chi connectivity index (χ2v) is 9.91. The predicted octanol–water partition coefficient (Wildman–Crippen LogP) is 3.39. The Labute approximate surface area is 169 Å². The quantitative estimate of drug-likeness (QED) is 0.473. The van der Waals surface area contributed by atoms with E-state index in [1.807, 2.05) is 13.8 Å². The molecule has 7 heteroatoms. The minimum absolute atomic E-state index is 0.0653. The number of benzene rings is 1. The maximum Gasteiger partial charge on any atom is 0.338 e. The van der Waals surface area contributed by atoms with E-state index in [-0.39, 0.29) is 40.2 Å². The smallest absolute Gasteiger partial charge is 0.338 e. The van der Waals surface area contributed by atoms with Crippen LogP contribution in [0.5, 0.6) is 0 Å². The molecule has 5 fully saturated rings. The number of ketones is 1. The Kier molecular flexibility index (Phi) is 4.39. The first-order chi connectivity index (χ1) is 13.5. The molecule has 4 bridgehead atoms. The number of nitro groups is 1. The van der Waals surface area contributed by atoms with Crippen LogP contribution in [0.25, 0.3) is 0 Å². The number of aliphatic hydroxyl groups excluding tert-OH is 1. The van der Waals surface area contributed by atoms with Crippen LogP contribution in [0.3, 0.4) is 0 Å². The number of fused-ring (bicyclic) bond motifs is 5. The second-order valence-electron chi connectivity index (χ2n) is 9.91. The third-order valence-electron chi connectivity index (χ3n) is 7.84. The van der Waals surface area contributed by atoms with E-state index in [1.165, 1.54) is 24.3 Å². The highest BCUT2D eigenvalue weighted by Crippen LogP contribution is 2.72. The molecule has 0 spiro atoms. The lowest BCUT2D eigenvalue weighted by Crippen LogP contribution is -2.67. The van der Waals surface area contributed by atoms with Gasteiger partial charge < -0.3 is 9.84 Å². The molecule has 0 aromatic heterocycles. The highest BCUT2D eigenvalue weighted by atomic mass is 16.6. The number of hydrogen-bond acceptors (Lipinski definition) is 6. The Morgan fingerprint density at radius 2 is 1.83 bits per heavy atom. The summed E-state index contributed by atoms with van der Waals surface area (Å²) in [5.74, 6) is 0.170. The van der Waals surface area contributed by atoms with E-state index in [0.717, 1.165) is 0 Å². The monoisotopic (exact) mass is 401 g/mol. The van der Waals surface area contributed by atoms with Crippen molar-refractivity contribution in [2.45, 2.75) is 52.7 Å². The number of carbonyl (C=O) groups excluding carboxylic acids is 2. The van der Waals surface area contributed by atoms with Gasteiger partial charge in [0.25, 0.3) is 5.69 Å². The molecule has 6 rings (SSSR count). The van der Waals surface area contributed by atoms with E-state index >= 15 is 0 Å². The van der Waals surface area contributed by atoms with E-state index < -0.39 is 28.5 Å². The van der Waals surface area contributed by atoms with Crippen molar-refractivity contribution >= 4 is 17.4 Å². The second kappa shape index (κ2) is 6.36. The van der Waals surface area contributed by atoms with Gasteiger partial charge in [0.15, 0.2) is 0 Å². The summed E-state index contributed by atoms with van der Waals surface area (Å²) in [5.41, 5.74) is -0.729. The number of esters is 1. The van der Waals surface area contributed by atoms with Gasteiger partial charge in [0.1, 0.15) is 11.9 Å². The van der Waals surface area contributed by atoms with E-state index in [1.54, 1.807) is 0 Å². The van der Waals surface area contributed by atoms with Gasteiger partial charge in [-0.1, -0.05) is 27.7 Å². The average Bonchev–Trinajstić information content (AvgIpc) is 2.73. The lowest BCUT2D eigenvalue weighted by atomic mass is 9.35. The summed E-state index contributed by atoms with van der Waals surface area (Å²) in [6.45, 7) is 8.15. The molecule has 7 nitrogen and oxygen atoms in total. The van der Waals surface area contributed by atoms with E-state index in [2.05, 4.69) is 13.8 Å². The average molecular weight is 401 g/mol. The zero-order chi connectivity index (χ0) is 21.3. The van der Waals surface area contributed by atoms with Gasteiger partial charge in [-0.25, -0.2) is 4.79 Å². The Balaban J connectivity index is 1.62. The molecule has 0 amide bonds. The van der Waals surface area contributed by atoms with Gasteiger partial charge in [-0.3, -0.25) is 14.9 Å². The lowest BCUT2D eigenvalue weighted by Gasteiger charge is -2.67. The molecule has 0 radical (unpaired) electrons. The third kappa shape index (κ3) is 2.74. The molecular formula is C22H27NO6. The first kappa shape index (κ1) is 20.0. The third-order valence-corrected chi connectivity index (χ3v) is 7.84. The summed E-state index contributed by atoms with van der Waals surface area (Å²) in [4.78, 5) is 35.8. The summed E-state index contributed by atoms with van der Waals surface area (Å²) in [6, 6.07) is 5.23. The van der Waals surface area contributed by atoms with Crippen molar-refractivity contribution in [2.75, 3.05) is 0 Å². The van der Waals surface area contributed by atoms with Gasteiger partial charge >= 0.3 is 5.97 Å². The number of non-ortho nitro benzene ring substituents is 1. The summed E-state index contributed by atoms with van der Waals surface area (Å²) in [5, 5.41) is 21.8. The molecule has 0 heterocycles. The van der Waals surface area contributed by atoms with Gasteiger partial charge in [-0.05, 0) is 41.7 Å². The highest BCUT2D eigenvalue weighted by Gasteiger charge is 2.73. The Morgan fingerprint density at radius 3 is 2.38 bits per heavy atom. The fourth-order valence-corrected chi connectivity index (χ4v) is 6.79. The van der Waals surface area contributed by atoms with Gasteiger partial charge in [0, 0.05) is 29.9 Å². The normalized spacial score (nSPS) is 39.8. The number of Topliss-reactive ketones (excluding diaryl/α,β-unsaturated/α-hetero) is 1. The maximum atomic E-state index is 12.8. The fourth-order valence-electron chi connectivity index (χ4n) is 6.79. The summed E-state index contributed by atoms with van der Waals surface area (Å²) >= 11 is 0. The van der Waals surface area contributed by atoms with Crippen molar-refractivity contribution in [3.63, 3.8) is 0 Å². The van der Waals surface area contributed by atoms with Gasteiger partial charge in [0.05, 0.1) is 16.6 Å². The van der Waals surface area contributed by atoms with Crippen molar-refractivity contribution in [3.05, 3.63) is 39.9 Å². The molecule has 5 saturated carbocycles. The molecule has 5 aliphatic rings. The first-order valence-corrected chi connectivity index (χ1v) is 10.1. The van der Waals surface area contributed by atoms with Gasteiger partial charge in [-0.2, -0.15) is 0 Å². The maximum absolute atomic E-state index is 12.8. The van der Waals surface area contributed by atoms with Crippen LogP contribution in [0.2, 0.25) is 0 Å². The summed E-state index contributed by atoms with van der Waals surface area (Å²) < 4.78 is 5.79. The molecule has 1 aromatic rings. The van der Waals surface area contributed by atoms with Crippen LogP contribution in [0.1, 0.15) is 50.9 Å². The zero-order valence-corrected chi connectivity index (χ0v) is 17.1. The first-order valence-electron chi connectivity index (χ1n) is 10.1. The van der Waals surface area contributed by atoms with Gasteiger partial charge in [0.2, 0.25) is 0 Å². The number of nitro benzene ring substituents is 1. The van der Waals surface area contributed by atoms with Crippen LogP contribution in [-0.4, -0.2) is 34.0 Å². The van der Waals surface area contributed by atoms with Gasteiger partial charge in [-0.15, -0.1) is 0 Å². The van der Waals surface area contributed by atoms with Crippen LogP contribution in [0.4, 0.5) is 5.69 Å². The van der Waals surface area contributed by atoms with E-state index in [9.17, 15) is 24.8 Å². The summed E-state index contributed by atoms with van der Waals surface area (Å²) in [7, 11) is 0. The summed E-state index contributed by atoms with van der Waals surface area (Å²) in [6.07, 6.45) is -0.604. The molecule has 0 saturated heterocycles. The standard InChI is InChI=1S/C22H27NO6/c1-11-9-14(24)17-18-16(11)22(17,4)10-15(25)19(21(18,2)3)29-20(26)12-5-7-13(8-6-12)23(27)28/h5-8,11,15-19,25H,9-10H2,1-4H3/t11-,15+,16+,17-,18+,19-,22-/m1/s1. The highest BCUT2D eigenvalue weighted by molar-refractivity contribution is 5.90. The van der Waals surface area contributed by atoms with Crippen LogP contribution < -0.4 is 0 Å². The predicted molar refractivity (Wildman–Crippen MR) is 104 cm³/mol. The van der Waals surface area contributed by atoms with E-state index in [4.69, 9.17) is 4.74 Å². The fraction of sp³-hybridized carbons (Fsp3) is 0.636. The van der Waals surface area contributed by atoms with Crippen molar-refractivity contribution in [3.8, 4) is 0 Å². The molecule has 29 heavy (non-hydrogen) atoms. The molecule has 1 aromatic carbocycles. The molecule has 1 N–H and O–H groups in total. The van der Waals surface area contributed by atoms with Crippen LogP contribution >= 0.6 is 0 Å². The van der Waals surface area contributed by atoms with Crippen molar-refractivity contribution in [1.29, 1.82) is 0 Å². The lowest BCUT2D eigenvalue weighted by molar-refractivity contribution is -0.384. The molecule has 7 atom stereocenters. The molecular weight excluding hydrogens is 374 g/mol. The Bertz CT molecular complexity index is 878. The zero-order valence-electron chi connectivity index (χ0n) is 17.1. The Hall–Kier alpha value is -2.28. The molecule has 5 aliphatic carbocycles. The molecule has 0 aliphatic heterocycles. The minimum atomic E-state index is -0.868. The minimum Gasteiger partial charge on any atom is -0.455 e. The number of ether oxygens (including phenoxy) is 1. The Morgan fingerprint density at radius 1 is 1.21 bits per heavy atom. The van der Waals surface area contributed by atoms with Crippen LogP contribution in [0.15, 0.2) is 24.3 Å². The number of carbonyl (C=O) groups is 2. The number of rotatable bonds is 3. The SMILES string of the molecule is C[C@@H]1CC(=O)[C@@H]2[C@@H]3[C@H]1[C@@]2(C)C[C@H](O)[C@@H](OC(=O)c1ccc([N+](=O)[O-])cc1)C3(C)C. The number of nitrogens with zero attached hydrogens (tertiary/aromatic N) is 1. The van der Waals surface area contributed by atoms with Crippen LogP contribution in [-0.2, 0) is 9.53 Å². The van der Waals surface area contributed by atoms with Crippen molar-refractivity contribution in [1.82, 2.24) is 0 Å². The van der Waals surface area contributed by atoms with Crippen molar-refractivity contribution < 1.29 is 24.4 Å².